The van der Waals surface area contributed by atoms with Crippen LogP contribution in [0, 0.1) is 0 Å². The van der Waals surface area contributed by atoms with Gasteiger partial charge in [-0.15, -0.1) is 0 Å². The minimum atomic E-state index is -0.370. The van der Waals surface area contributed by atoms with E-state index in [4.69, 9.17) is 4.74 Å². The lowest BCUT2D eigenvalue weighted by Gasteiger charge is -2.12. The van der Waals surface area contributed by atoms with Crippen molar-refractivity contribution in [3.8, 4) is 33.4 Å². The topological polar surface area (TPSA) is 26.3 Å². The zero-order valence-electron chi connectivity index (χ0n) is 19.2. The van der Waals surface area contributed by atoms with Gasteiger partial charge in [-0.05, 0) is 57.3 Å². The molecule has 168 valence electrons. The summed E-state index contributed by atoms with van der Waals surface area (Å²) in [4.78, 5) is 11.1. The number of aryl methyl sites for hydroxylation is 1. The summed E-state index contributed by atoms with van der Waals surface area (Å²) in [6, 6.07) is 34.3. The fourth-order valence-electron chi connectivity index (χ4n) is 4.00. The Balaban J connectivity index is 1.50. The third-order valence-corrected chi connectivity index (χ3v) is 5.89. The van der Waals surface area contributed by atoms with E-state index in [9.17, 15) is 4.79 Å². The highest BCUT2D eigenvalue weighted by Crippen LogP contribution is 2.33. The zero-order valence-corrected chi connectivity index (χ0v) is 19.2. The van der Waals surface area contributed by atoms with Gasteiger partial charge in [-0.1, -0.05) is 116 Å². The maximum atomic E-state index is 11.1. The number of hydrogen-bond acceptors (Lipinski definition) is 2. The van der Waals surface area contributed by atoms with E-state index in [0.717, 1.165) is 18.4 Å². The average molecular weight is 445 g/mol. The molecule has 0 N–H and O–H groups in total. The van der Waals surface area contributed by atoms with Crippen LogP contribution in [-0.2, 0) is 16.0 Å². The van der Waals surface area contributed by atoms with E-state index < -0.39 is 0 Å². The predicted molar refractivity (Wildman–Crippen MR) is 142 cm³/mol. The molecule has 4 rings (SSSR count). The first-order valence-corrected chi connectivity index (χ1v) is 11.5. The highest BCUT2D eigenvalue weighted by molar-refractivity contribution is 5.84. The van der Waals surface area contributed by atoms with Crippen molar-refractivity contribution in [2.45, 2.75) is 12.8 Å². The molecular formula is C32H28O2. The Morgan fingerprint density at radius 1 is 0.676 bits per heavy atom. The molecule has 0 atom stereocenters. The number of rotatable bonds is 9. The van der Waals surface area contributed by atoms with Crippen molar-refractivity contribution in [2.24, 2.45) is 0 Å². The Hall–Kier alpha value is -4.17. The molecule has 0 bridgehead atoms. The van der Waals surface area contributed by atoms with E-state index in [2.05, 4.69) is 110 Å². The minimum Gasteiger partial charge on any atom is -0.463 e. The molecule has 0 amide bonds. The number of hydrogen-bond donors (Lipinski definition) is 0. The molecule has 2 heteroatoms. The smallest absolute Gasteiger partial charge is 0.330 e. The van der Waals surface area contributed by atoms with Crippen LogP contribution in [0.1, 0.15) is 17.5 Å². The first kappa shape index (κ1) is 23.0. The monoisotopic (exact) mass is 444 g/mol. The average Bonchev–Trinajstić information content (AvgIpc) is 2.91. The fraction of sp³-hybridized carbons (Fsp3) is 0.0938. The first-order chi connectivity index (χ1) is 16.7. The Morgan fingerprint density at radius 2 is 1.18 bits per heavy atom. The van der Waals surface area contributed by atoms with Crippen LogP contribution in [0.15, 0.2) is 116 Å². The molecule has 0 spiro atoms. The van der Waals surface area contributed by atoms with Gasteiger partial charge in [0, 0.05) is 6.08 Å². The normalized spacial score (nSPS) is 10.5. The molecule has 0 radical (unpaired) electrons. The largest absolute Gasteiger partial charge is 0.463 e. The standard InChI is InChI=1S/C32H28O2/c1-3-24-11-15-26(16-12-24)27-19-21-29(22-20-27)31-10-6-5-9-30(31)28-17-13-25(14-18-28)8-7-23-34-32(33)4-2/h3-6,9-22H,1-2,7-8,23H2. The van der Waals surface area contributed by atoms with Crippen molar-refractivity contribution >= 4 is 12.0 Å². The third-order valence-electron chi connectivity index (χ3n) is 5.89. The van der Waals surface area contributed by atoms with Gasteiger partial charge in [0.05, 0.1) is 6.61 Å². The predicted octanol–water partition coefficient (Wildman–Crippen LogP) is 7.99. The molecule has 2 nitrogen and oxygen atoms in total. The van der Waals surface area contributed by atoms with Gasteiger partial charge in [-0.3, -0.25) is 0 Å². The lowest BCUT2D eigenvalue weighted by molar-refractivity contribution is -0.137. The summed E-state index contributed by atoms with van der Waals surface area (Å²) in [5.74, 6) is -0.370. The summed E-state index contributed by atoms with van der Waals surface area (Å²) < 4.78 is 5.06. The molecule has 4 aromatic rings. The summed E-state index contributed by atoms with van der Waals surface area (Å²) in [7, 11) is 0. The molecule has 0 fully saturated rings. The molecule has 0 unspecified atom stereocenters. The Bertz CT molecular complexity index is 1260. The second kappa shape index (κ2) is 11.1. The molecule has 34 heavy (non-hydrogen) atoms. The first-order valence-electron chi connectivity index (χ1n) is 11.5. The van der Waals surface area contributed by atoms with Crippen molar-refractivity contribution in [3.05, 3.63) is 127 Å². The Labute approximate surface area is 201 Å². The van der Waals surface area contributed by atoms with E-state index >= 15 is 0 Å². The summed E-state index contributed by atoms with van der Waals surface area (Å²) in [5, 5.41) is 0. The van der Waals surface area contributed by atoms with Gasteiger partial charge in [0.15, 0.2) is 0 Å². The summed E-state index contributed by atoms with van der Waals surface area (Å²) >= 11 is 0. The lowest BCUT2D eigenvalue weighted by Crippen LogP contribution is -2.02. The molecule has 0 heterocycles. The maximum absolute atomic E-state index is 11.1. The van der Waals surface area contributed by atoms with Gasteiger partial charge in [0.1, 0.15) is 0 Å². The van der Waals surface area contributed by atoms with Crippen LogP contribution in [0.2, 0.25) is 0 Å². The van der Waals surface area contributed by atoms with Crippen LogP contribution >= 0.6 is 0 Å². The van der Waals surface area contributed by atoms with E-state index in [1.807, 2.05) is 6.08 Å². The van der Waals surface area contributed by atoms with E-state index in [-0.39, 0.29) is 5.97 Å². The molecule has 0 aliphatic heterocycles. The van der Waals surface area contributed by atoms with Crippen molar-refractivity contribution in [1.82, 2.24) is 0 Å². The van der Waals surface area contributed by atoms with Crippen LogP contribution in [0.4, 0.5) is 0 Å². The molecule has 0 aromatic heterocycles. The molecule has 0 saturated carbocycles. The summed E-state index contributed by atoms with van der Waals surface area (Å²) in [6.45, 7) is 7.64. The summed E-state index contributed by atoms with van der Waals surface area (Å²) in [6.07, 6.45) is 4.71. The fourth-order valence-corrected chi connectivity index (χ4v) is 4.00. The van der Waals surface area contributed by atoms with E-state index in [0.29, 0.717) is 6.61 Å². The highest BCUT2D eigenvalue weighted by Gasteiger charge is 2.08. The van der Waals surface area contributed by atoms with Crippen molar-refractivity contribution in [2.75, 3.05) is 6.61 Å². The van der Waals surface area contributed by atoms with Gasteiger partial charge in [-0.2, -0.15) is 0 Å². The van der Waals surface area contributed by atoms with Crippen molar-refractivity contribution in [3.63, 3.8) is 0 Å². The van der Waals surface area contributed by atoms with Crippen LogP contribution in [0.25, 0.3) is 39.5 Å². The van der Waals surface area contributed by atoms with Gasteiger partial charge < -0.3 is 4.74 Å². The third kappa shape index (κ3) is 5.60. The lowest BCUT2D eigenvalue weighted by atomic mass is 9.92. The number of esters is 1. The van der Waals surface area contributed by atoms with Crippen LogP contribution in [-0.4, -0.2) is 12.6 Å². The molecule has 0 aliphatic carbocycles. The number of carbonyl (C=O) groups excluding carboxylic acids is 1. The molecular weight excluding hydrogens is 416 g/mol. The zero-order chi connectivity index (χ0) is 23.8. The van der Waals surface area contributed by atoms with Gasteiger partial charge in [-0.25, -0.2) is 4.79 Å². The van der Waals surface area contributed by atoms with Gasteiger partial charge >= 0.3 is 5.97 Å². The second-order valence-corrected chi connectivity index (χ2v) is 8.12. The molecule has 0 saturated heterocycles. The number of ether oxygens (including phenoxy) is 1. The quantitative estimate of drug-likeness (QED) is 0.149. The molecule has 4 aromatic carbocycles. The highest BCUT2D eigenvalue weighted by atomic mass is 16.5. The number of carbonyl (C=O) groups is 1. The maximum Gasteiger partial charge on any atom is 0.330 e. The molecule has 0 aliphatic rings. The van der Waals surface area contributed by atoms with E-state index in [1.165, 1.54) is 45.0 Å². The van der Waals surface area contributed by atoms with Crippen molar-refractivity contribution < 1.29 is 9.53 Å². The van der Waals surface area contributed by atoms with Crippen LogP contribution in [0.5, 0.6) is 0 Å². The van der Waals surface area contributed by atoms with Crippen molar-refractivity contribution in [1.29, 1.82) is 0 Å². The number of benzene rings is 4. The van der Waals surface area contributed by atoms with E-state index in [1.54, 1.807) is 0 Å². The minimum absolute atomic E-state index is 0.370. The van der Waals surface area contributed by atoms with Gasteiger partial charge in [0.25, 0.3) is 0 Å². The SMILES string of the molecule is C=CC(=O)OCCCc1ccc(-c2ccccc2-c2ccc(-c3ccc(C=C)cc3)cc2)cc1. The second-order valence-electron chi connectivity index (χ2n) is 8.12. The van der Waals surface area contributed by atoms with Crippen LogP contribution in [0.3, 0.4) is 0 Å². The summed E-state index contributed by atoms with van der Waals surface area (Å²) in [5.41, 5.74) is 9.52. The Kier molecular flexibility index (Phi) is 7.52. The Morgan fingerprint density at radius 3 is 1.71 bits per heavy atom. The van der Waals surface area contributed by atoms with Crippen LogP contribution < -0.4 is 0 Å². The van der Waals surface area contributed by atoms with Gasteiger partial charge in [0.2, 0.25) is 0 Å².